The molecule has 8 nitrogen and oxygen atoms in total. The van der Waals surface area contributed by atoms with Crippen LogP contribution in [0.1, 0.15) is 29.4 Å². The lowest BCUT2D eigenvalue weighted by atomic mass is 10.1. The number of benzene rings is 2. The third-order valence-electron chi connectivity index (χ3n) is 5.50. The molecule has 2 amide bonds. The summed E-state index contributed by atoms with van der Waals surface area (Å²) in [6, 6.07) is 17.8. The number of carbonyl (C=O) groups is 3. The molecule has 1 N–H and O–H groups in total. The number of hydrogen-bond donors (Lipinski definition) is 1. The Morgan fingerprint density at radius 1 is 1.11 bits per heavy atom. The fourth-order valence-corrected chi connectivity index (χ4v) is 4.40. The Hall–Kier alpha value is -3.82. The predicted octanol–water partition coefficient (Wildman–Crippen LogP) is 4.44. The normalized spacial score (nSPS) is 15.2. The summed E-state index contributed by atoms with van der Waals surface area (Å²) in [4.78, 5) is 45.7. The highest BCUT2D eigenvalue weighted by Crippen LogP contribution is 2.30. The van der Waals surface area contributed by atoms with Gasteiger partial charge in [0.1, 0.15) is 6.04 Å². The van der Waals surface area contributed by atoms with Gasteiger partial charge in [0, 0.05) is 16.9 Å². The monoisotopic (exact) mass is 522 g/mol. The van der Waals surface area contributed by atoms with Crippen molar-refractivity contribution in [1.82, 2.24) is 9.88 Å². The first-order valence-corrected chi connectivity index (χ1v) is 12.0. The number of nitrogens with one attached hydrogen (secondary N) is 1. The zero-order valence-electron chi connectivity index (χ0n) is 19.4. The van der Waals surface area contributed by atoms with Crippen LogP contribution in [0.15, 0.2) is 72.9 Å². The van der Waals surface area contributed by atoms with Gasteiger partial charge >= 0.3 is 5.97 Å². The van der Waals surface area contributed by atoms with Crippen LogP contribution in [0.3, 0.4) is 0 Å². The van der Waals surface area contributed by atoms with E-state index < -0.39 is 12.0 Å². The molecule has 1 atom stereocenters. The average molecular weight is 523 g/mol. The zero-order valence-corrected chi connectivity index (χ0v) is 21.0. The highest BCUT2D eigenvalue weighted by atomic mass is 35.5. The molecule has 36 heavy (non-hydrogen) atoms. The number of carbonyl (C=O) groups excluding carboxylic acids is 3. The van der Waals surface area contributed by atoms with Gasteiger partial charge in [0.15, 0.2) is 5.11 Å². The van der Waals surface area contributed by atoms with Crippen LogP contribution in [0.2, 0.25) is 5.02 Å². The van der Waals surface area contributed by atoms with Crippen molar-refractivity contribution in [2.75, 3.05) is 16.8 Å². The van der Waals surface area contributed by atoms with E-state index in [1.165, 1.54) is 4.90 Å². The minimum atomic E-state index is -0.836. The average Bonchev–Trinajstić information content (AvgIpc) is 3.09. The highest BCUT2D eigenvalue weighted by molar-refractivity contribution is 7.80. The summed E-state index contributed by atoms with van der Waals surface area (Å²) in [6.45, 7) is 2.26. The molecular weight excluding hydrogens is 500 g/mol. The van der Waals surface area contributed by atoms with E-state index in [2.05, 4.69) is 10.3 Å². The summed E-state index contributed by atoms with van der Waals surface area (Å²) >= 11 is 11.8. The number of nitrogens with zero attached hydrogens (tertiary/aromatic N) is 3. The van der Waals surface area contributed by atoms with Crippen molar-refractivity contribution in [2.24, 2.45) is 0 Å². The number of esters is 1. The molecule has 0 bridgehead atoms. The van der Waals surface area contributed by atoms with E-state index in [9.17, 15) is 14.4 Å². The fraction of sp³-hybridized carbons (Fsp3) is 0.192. The summed E-state index contributed by atoms with van der Waals surface area (Å²) in [5.41, 5.74) is 2.11. The Morgan fingerprint density at radius 2 is 1.89 bits per heavy atom. The van der Waals surface area contributed by atoms with E-state index >= 15 is 0 Å². The lowest BCUT2D eigenvalue weighted by Gasteiger charge is -2.23. The highest BCUT2D eigenvalue weighted by Gasteiger charge is 2.44. The first kappa shape index (κ1) is 25.3. The van der Waals surface area contributed by atoms with Crippen LogP contribution >= 0.6 is 23.8 Å². The van der Waals surface area contributed by atoms with Gasteiger partial charge in [-0.25, -0.2) is 4.79 Å². The third-order valence-corrected chi connectivity index (χ3v) is 6.15. The number of ether oxygens (including phenoxy) is 1. The summed E-state index contributed by atoms with van der Waals surface area (Å²) in [5.74, 6) is -1.14. The summed E-state index contributed by atoms with van der Waals surface area (Å²) in [5, 5.41) is 3.51. The smallest absolute Gasteiger partial charge is 0.338 e. The van der Waals surface area contributed by atoms with Gasteiger partial charge in [-0.2, -0.15) is 0 Å². The van der Waals surface area contributed by atoms with Crippen molar-refractivity contribution < 1.29 is 19.1 Å². The molecule has 0 unspecified atom stereocenters. The van der Waals surface area contributed by atoms with E-state index in [-0.39, 0.29) is 36.5 Å². The predicted molar refractivity (Wildman–Crippen MR) is 141 cm³/mol. The van der Waals surface area contributed by atoms with Gasteiger partial charge in [0.25, 0.3) is 5.91 Å². The van der Waals surface area contributed by atoms with Crippen molar-refractivity contribution in [1.29, 1.82) is 0 Å². The van der Waals surface area contributed by atoms with E-state index in [4.69, 9.17) is 28.6 Å². The van der Waals surface area contributed by atoms with Gasteiger partial charge in [-0.3, -0.25) is 19.5 Å². The molecule has 2 aromatic carbocycles. The van der Waals surface area contributed by atoms with Crippen molar-refractivity contribution in [3.63, 3.8) is 0 Å². The second-order valence-corrected chi connectivity index (χ2v) is 8.75. The van der Waals surface area contributed by atoms with Gasteiger partial charge < -0.3 is 15.0 Å². The number of rotatable bonds is 8. The Balaban J connectivity index is 1.54. The maximum atomic E-state index is 13.5. The number of anilines is 2. The molecule has 1 aliphatic rings. The van der Waals surface area contributed by atoms with Crippen molar-refractivity contribution >= 4 is 58.1 Å². The van der Waals surface area contributed by atoms with Crippen LogP contribution in [0.25, 0.3) is 0 Å². The van der Waals surface area contributed by atoms with Crippen molar-refractivity contribution in [3.8, 4) is 0 Å². The minimum Gasteiger partial charge on any atom is -0.462 e. The van der Waals surface area contributed by atoms with Crippen molar-refractivity contribution in [3.05, 3.63) is 89.2 Å². The standard InChI is InChI=1S/C26H23ClN4O4S/c1-2-35-25(34)17-9-11-19(12-10-17)29-23(32)15-22-24(33)31(21-8-5-6-18(27)14-21)26(36)30(22)16-20-7-3-4-13-28-20/h3-14,22H,2,15-16H2,1H3,(H,29,32)/t22-/m0/s1. The molecule has 1 aromatic heterocycles. The van der Waals surface area contributed by atoms with Crippen LogP contribution in [0.5, 0.6) is 0 Å². The first-order valence-electron chi connectivity index (χ1n) is 11.2. The number of thiocarbonyl (C=S) groups is 1. The molecule has 1 aliphatic heterocycles. The molecule has 3 aromatic rings. The van der Waals surface area contributed by atoms with E-state index in [1.807, 2.05) is 12.1 Å². The molecule has 0 saturated carbocycles. The second kappa shape index (κ2) is 11.3. The topological polar surface area (TPSA) is 91.8 Å². The maximum absolute atomic E-state index is 13.5. The van der Waals surface area contributed by atoms with E-state index in [0.29, 0.717) is 27.7 Å². The summed E-state index contributed by atoms with van der Waals surface area (Å²) in [6.07, 6.45) is 1.52. The molecule has 10 heteroatoms. The third kappa shape index (κ3) is 5.69. The van der Waals surface area contributed by atoms with Crippen LogP contribution in [-0.4, -0.2) is 45.4 Å². The quantitative estimate of drug-likeness (QED) is 0.345. The van der Waals surface area contributed by atoms with Gasteiger partial charge in [0.05, 0.1) is 36.5 Å². The molecule has 0 spiro atoms. The van der Waals surface area contributed by atoms with Gasteiger partial charge in [-0.15, -0.1) is 0 Å². The fourth-order valence-electron chi connectivity index (χ4n) is 3.82. The molecule has 4 rings (SSSR count). The Bertz CT molecular complexity index is 1290. The number of pyridine rings is 1. The maximum Gasteiger partial charge on any atom is 0.338 e. The summed E-state index contributed by atoms with van der Waals surface area (Å²) in [7, 11) is 0. The Morgan fingerprint density at radius 3 is 2.56 bits per heavy atom. The van der Waals surface area contributed by atoms with Gasteiger partial charge in [-0.1, -0.05) is 23.7 Å². The minimum absolute atomic E-state index is 0.136. The number of amides is 2. The van der Waals surface area contributed by atoms with E-state index in [0.717, 1.165) is 0 Å². The van der Waals surface area contributed by atoms with Crippen LogP contribution in [0.4, 0.5) is 11.4 Å². The van der Waals surface area contributed by atoms with Gasteiger partial charge in [-0.05, 0) is 73.7 Å². The van der Waals surface area contributed by atoms with Crippen LogP contribution in [0, 0.1) is 0 Å². The molecule has 184 valence electrons. The van der Waals surface area contributed by atoms with E-state index in [1.54, 1.807) is 72.6 Å². The molecule has 0 radical (unpaired) electrons. The largest absolute Gasteiger partial charge is 0.462 e. The molecule has 0 aliphatic carbocycles. The Kier molecular flexibility index (Phi) is 7.92. The zero-order chi connectivity index (χ0) is 25.7. The Labute approximate surface area is 218 Å². The number of hydrogen-bond acceptors (Lipinski definition) is 6. The number of aromatic nitrogens is 1. The molecular formula is C26H23ClN4O4S. The van der Waals surface area contributed by atoms with Crippen LogP contribution in [-0.2, 0) is 20.9 Å². The number of halogens is 1. The SMILES string of the molecule is CCOC(=O)c1ccc(NC(=O)C[C@H]2C(=O)N(c3cccc(Cl)c3)C(=S)N2Cc2ccccn2)cc1. The molecule has 2 heterocycles. The summed E-state index contributed by atoms with van der Waals surface area (Å²) < 4.78 is 4.97. The molecule has 1 fully saturated rings. The van der Waals surface area contributed by atoms with Crippen molar-refractivity contribution in [2.45, 2.75) is 25.9 Å². The molecule has 1 saturated heterocycles. The lowest BCUT2D eigenvalue weighted by molar-refractivity contribution is -0.124. The van der Waals surface area contributed by atoms with Crippen LogP contribution < -0.4 is 10.2 Å². The first-order chi connectivity index (χ1) is 17.4. The van der Waals surface area contributed by atoms with Gasteiger partial charge in [0.2, 0.25) is 5.91 Å². The lowest BCUT2D eigenvalue weighted by Crippen LogP contribution is -2.37. The second-order valence-electron chi connectivity index (χ2n) is 7.95.